The molecule has 0 amide bonds. The predicted octanol–water partition coefficient (Wildman–Crippen LogP) is 3.66. The molecule has 4 heteroatoms. The monoisotopic (exact) mass is 333 g/mol. The van der Waals surface area contributed by atoms with Gasteiger partial charge in [-0.15, -0.1) is 0 Å². The van der Waals surface area contributed by atoms with Crippen molar-refractivity contribution >= 4 is 16.5 Å². The van der Waals surface area contributed by atoms with Crippen LogP contribution in [0.15, 0.2) is 54.7 Å². The summed E-state index contributed by atoms with van der Waals surface area (Å²) in [7, 11) is 3.90. The van der Waals surface area contributed by atoms with Gasteiger partial charge >= 0.3 is 0 Å². The third-order valence-electron chi connectivity index (χ3n) is 4.98. The summed E-state index contributed by atoms with van der Waals surface area (Å²) in [4.78, 5) is 9.54. The van der Waals surface area contributed by atoms with E-state index in [1.165, 1.54) is 22.0 Å². The number of pyridine rings is 1. The molecule has 0 atom stereocenters. The molecule has 0 spiro atoms. The number of rotatable bonds is 3. The maximum Gasteiger partial charge on any atom is 0.120 e. The van der Waals surface area contributed by atoms with E-state index in [0.29, 0.717) is 0 Å². The lowest BCUT2D eigenvalue weighted by atomic mass is 10.0. The van der Waals surface area contributed by atoms with Crippen LogP contribution in [0.25, 0.3) is 22.0 Å². The molecule has 25 heavy (non-hydrogen) atoms. The minimum Gasteiger partial charge on any atom is -0.497 e. The van der Waals surface area contributed by atoms with E-state index in [1.54, 1.807) is 7.11 Å². The van der Waals surface area contributed by atoms with Gasteiger partial charge in [-0.05, 0) is 30.6 Å². The number of piperazine rings is 1. The Kier molecular flexibility index (Phi) is 4.28. The molecule has 0 saturated carbocycles. The number of ether oxygens (including phenoxy) is 1. The SMILES string of the molecule is COc1ccc(-c2nccc3ccccc23)c(N2CCN(C)CC2)c1. The minimum atomic E-state index is 0.887. The van der Waals surface area contributed by atoms with Crippen molar-refractivity contribution in [2.75, 3.05) is 45.2 Å². The number of methoxy groups -OCH3 is 1. The Balaban J connectivity index is 1.86. The largest absolute Gasteiger partial charge is 0.497 e. The smallest absolute Gasteiger partial charge is 0.120 e. The molecule has 1 fully saturated rings. The van der Waals surface area contributed by atoms with E-state index in [1.807, 2.05) is 12.3 Å². The summed E-state index contributed by atoms with van der Waals surface area (Å²) in [6.45, 7) is 4.17. The second-order valence-electron chi connectivity index (χ2n) is 6.55. The van der Waals surface area contributed by atoms with E-state index in [0.717, 1.165) is 37.6 Å². The van der Waals surface area contributed by atoms with E-state index in [4.69, 9.17) is 9.72 Å². The number of fused-ring (bicyclic) bond motifs is 1. The number of nitrogens with zero attached hydrogens (tertiary/aromatic N) is 3. The van der Waals surface area contributed by atoms with Crippen molar-refractivity contribution in [3.05, 3.63) is 54.7 Å². The number of hydrogen-bond acceptors (Lipinski definition) is 4. The van der Waals surface area contributed by atoms with Crippen LogP contribution in [0.2, 0.25) is 0 Å². The Bertz CT molecular complexity index is 880. The zero-order valence-electron chi connectivity index (χ0n) is 14.8. The maximum absolute atomic E-state index is 5.49. The minimum absolute atomic E-state index is 0.887. The van der Waals surface area contributed by atoms with E-state index < -0.39 is 0 Å². The highest BCUT2D eigenvalue weighted by Crippen LogP contribution is 2.36. The quantitative estimate of drug-likeness (QED) is 0.731. The Hall–Kier alpha value is -2.59. The molecule has 0 unspecified atom stereocenters. The van der Waals surface area contributed by atoms with Crippen molar-refractivity contribution in [2.24, 2.45) is 0 Å². The summed E-state index contributed by atoms with van der Waals surface area (Å²) in [5.74, 6) is 0.887. The van der Waals surface area contributed by atoms with Crippen molar-refractivity contribution < 1.29 is 4.74 Å². The van der Waals surface area contributed by atoms with Crippen LogP contribution in [0.1, 0.15) is 0 Å². The predicted molar refractivity (Wildman–Crippen MR) is 103 cm³/mol. The molecule has 1 aliphatic rings. The summed E-state index contributed by atoms with van der Waals surface area (Å²) in [6.07, 6.45) is 1.90. The number of likely N-dealkylation sites (N-methyl/N-ethyl adjacent to an activating group) is 1. The molecule has 0 N–H and O–H groups in total. The normalized spacial score (nSPS) is 15.5. The Morgan fingerprint density at radius 1 is 0.960 bits per heavy atom. The highest BCUT2D eigenvalue weighted by Gasteiger charge is 2.20. The first-order valence-electron chi connectivity index (χ1n) is 8.72. The number of aromatic nitrogens is 1. The molecular weight excluding hydrogens is 310 g/mol. The van der Waals surface area contributed by atoms with Gasteiger partial charge in [0.1, 0.15) is 5.75 Å². The molecular formula is C21H23N3O. The van der Waals surface area contributed by atoms with Gasteiger partial charge in [0.2, 0.25) is 0 Å². The summed E-state index contributed by atoms with van der Waals surface area (Å²) >= 11 is 0. The zero-order chi connectivity index (χ0) is 17.2. The lowest BCUT2D eigenvalue weighted by Gasteiger charge is -2.35. The number of benzene rings is 2. The zero-order valence-corrected chi connectivity index (χ0v) is 14.8. The highest BCUT2D eigenvalue weighted by molar-refractivity contribution is 5.97. The molecule has 2 aromatic carbocycles. The van der Waals surface area contributed by atoms with Crippen LogP contribution in [0.3, 0.4) is 0 Å². The molecule has 4 nitrogen and oxygen atoms in total. The highest BCUT2D eigenvalue weighted by atomic mass is 16.5. The van der Waals surface area contributed by atoms with Gasteiger partial charge in [-0.3, -0.25) is 4.98 Å². The summed E-state index contributed by atoms with van der Waals surface area (Å²) < 4.78 is 5.49. The van der Waals surface area contributed by atoms with Gasteiger partial charge in [-0.1, -0.05) is 24.3 Å². The third kappa shape index (κ3) is 3.05. The molecule has 3 aromatic rings. The topological polar surface area (TPSA) is 28.6 Å². The molecule has 2 heterocycles. The van der Waals surface area contributed by atoms with Crippen LogP contribution in [0, 0.1) is 0 Å². The summed E-state index contributed by atoms with van der Waals surface area (Å²) in [5, 5.41) is 2.40. The van der Waals surface area contributed by atoms with Gasteiger partial charge in [0.05, 0.1) is 12.8 Å². The molecule has 4 rings (SSSR count). The van der Waals surface area contributed by atoms with Gasteiger partial charge in [0.25, 0.3) is 0 Å². The van der Waals surface area contributed by atoms with E-state index in [-0.39, 0.29) is 0 Å². The van der Waals surface area contributed by atoms with Crippen LogP contribution < -0.4 is 9.64 Å². The maximum atomic E-state index is 5.49. The van der Waals surface area contributed by atoms with E-state index >= 15 is 0 Å². The van der Waals surface area contributed by atoms with Crippen molar-refractivity contribution in [3.63, 3.8) is 0 Å². The van der Waals surface area contributed by atoms with E-state index in [2.05, 4.69) is 59.3 Å². The van der Waals surface area contributed by atoms with Crippen LogP contribution in [0.5, 0.6) is 5.75 Å². The van der Waals surface area contributed by atoms with Crippen molar-refractivity contribution in [1.29, 1.82) is 0 Å². The van der Waals surface area contributed by atoms with Crippen molar-refractivity contribution in [2.45, 2.75) is 0 Å². The molecule has 0 radical (unpaired) electrons. The second-order valence-corrected chi connectivity index (χ2v) is 6.55. The lowest BCUT2D eigenvalue weighted by Crippen LogP contribution is -2.44. The van der Waals surface area contributed by atoms with Crippen LogP contribution in [0.4, 0.5) is 5.69 Å². The molecule has 128 valence electrons. The first-order chi connectivity index (χ1) is 12.3. The van der Waals surface area contributed by atoms with Gasteiger partial charge in [-0.25, -0.2) is 0 Å². The van der Waals surface area contributed by atoms with Gasteiger partial charge in [0.15, 0.2) is 0 Å². The van der Waals surface area contributed by atoms with Crippen molar-refractivity contribution in [1.82, 2.24) is 9.88 Å². The van der Waals surface area contributed by atoms with Gasteiger partial charge in [-0.2, -0.15) is 0 Å². The average Bonchev–Trinajstić information content (AvgIpc) is 2.68. The molecule has 1 aliphatic heterocycles. The number of anilines is 1. The Morgan fingerprint density at radius 3 is 2.56 bits per heavy atom. The standard InChI is InChI=1S/C21H23N3O/c1-23-11-13-24(14-12-23)20-15-17(25-2)7-8-19(20)21-18-6-4-3-5-16(18)9-10-22-21/h3-10,15H,11-14H2,1-2H3. The second kappa shape index (κ2) is 6.73. The van der Waals surface area contributed by atoms with E-state index in [9.17, 15) is 0 Å². The average molecular weight is 333 g/mol. The fourth-order valence-corrected chi connectivity index (χ4v) is 3.48. The Morgan fingerprint density at radius 2 is 1.76 bits per heavy atom. The fraction of sp³-hybridized carbons (Fsp3) is 0.286. The first kappa shape index (κ1) is 15.9. The van der Waals surface area contributed by atoms with Gasteiger partial charge < -0.3 is 14.5 Å². The molecule has 0 bridgehead atoms. The van der Waals surface area contributed by atoms with Crippen LogP contribution in [-0.2, 0) is 0 Å². The summed E-state index contributed by atoms with van der Waals surface area (Å²) in [6, 6.07) is 16.8. The van der Waals surface area contributed by atoms with Crippen LogP contribution in [-0.4, -0.2) is 50.2 Å². The Labute approximate surface area is 148 Å². The molecule has 1 aromatic heterocycles. The first-order valence-corrected chi connectivity index (χ1v) is 8.72. The lowest BCUT2D eigenvalue weighted by molar-refractivity contribution is 0.313. The molecule has 1 saturated heterocycles. The third-order valence-corrected chi connectivity index (χ3v) is 4.98. The summed E-state index contributed by atoms with van der Waals surface area (Å²) in [5.41, 5.74) is 3.41. The van der Waals surface area contributed by atoms with Gasteiger partial charge in [0, 0.05) is 55.1 Å². The van der Waals surface area contributed by atoms with Crippen molar-refractivity contribution in [3.8, 4) is 17.0 Å². The number of hydrogen-bond donors (Lipinski definition) is 0. The molecule has 0 aliphatic carbocycles. The van der Waals surface area contributed by atoms with Crippen LogP contribution >= 0.6 is 0 Å². The fourth-order valence-electron chi connectivity index (χ4n) is 3.48.